The molecule has 0 aromatic heterocycles. The minimum Gasteiger partial charge on any atom is -0.295 e. The molecule has 0 spiro atoms. The molecule has 0 aromatic rings. The molecule has 0 aliphatic heterocycles. The van der Waals surface area contributed by atoms with Crippen molar-refractivity contribution >= 4 is 5.78 Å². The number of hydrogen-bond acceptors (Lipinski definition) is 1. The number of allylic oxidation sites excluding steroid dienone is 3. The van der Waals surface area contributed by atoms with E-state index in [-0.39, 0.29) is 0 Å². The lowest BCUT2D eigenvalue weighted by atomic mass is 9.52. The van der Waals surface area contributed by atoms with Gasteiger partial charge in [-0.2, -0.15) is 0 Å². The van der Waals surface area contributed by atoms with Crippen LogP contribution in [0.5, 0.6) is 0 Å². The molecule has 1 fully saturated rings. The van der Waals surface area contributed by atoms with Gasteiger partial charge in [0.1, 0.15) is 0 Å². The first kappa shape index (κ1) is 10.7. The van der Waals surface area contributed by atoms with E-state index in [0.29, 0.717) is 11.2 Å². The van der Waals surface area contributed by atoms with Gasteiger partial charge in [-0.25, -0.2) is 0 Å². The Hall–Kier alpha value is -0.850. The predicted molar refractivity (Wildman–Crippen MR) is 62.6 cm³/mol. The maximum atomic E-state index is 11.3. The van der Waals surface area contributed by atoms with Crippen LogP contribution >= 0.6 is 0 Å². The predicted octanol–water partition coefficient (Wildman–Crippen LogP) is 3.66. The van der Waals surface area contributed by atoms with Crippen LogP contribution in [0.15, 0.2) is 23.8 Å². The van der Waals surface area contributed by atoms with Crippen molar-refractivity contribution in [2.45, 2.75) is 46.0 Å². The fourth-order valence-corrected chi connectivity index (χ4v) is 2.93. The van der Waals surface area contributed by atoms with E-state index in [0.717, 1.165) is 31.6 Å². The van der Waals surface area contributed by atoms with Crippen LogP contribution < -0.4 is 0 Å². The summed E-state index contributed by atoms with van der Waals surface area (Å²) in [6.07, 6.45) is 7.26. The van der Waals surface area contributed by atoms with E-state index < -0.39 is 0 Å². The molecular weight excluding hydrogens is 184 g/mol. The van der Waals surface area contributed by atoms with Crippen LogP contribution in [0, 0.1) is 11.3 Å². The van der Waals surface area contributed by atoms with Crippen LogP contribution in [-0.2, 0) is 4.79 Å². The van der Waals surface area contributed by atoms with Gasteiger partial charge in [-0.3, -0.25) is 4.79 Å². The average molecular weight is 204 g/mol. The lowest BCUT2D eigenvalue weighted by Gasteiger charge is -2.52. The first-order valence-corrected chi connectivity index (χ1v) is 5.90. The van der Waals surface area contributed by atoms with Gasteiger partial charge in [-0.15, -0.1) is 6.58 Å². The van der Waals surface area contributed by atoms with Crippen molar-refractivity contribution in [3.8, 4) is 0 Å². The van der Waals surface area contributed by atoms with Crippen LogP contribution in [0.25, 0.3) is 0 Å². The summed E-state index contributed by atoms with van der Waals surface area (Å²) >= 11 is 0. The van der Waals surface area contributed by atoms with Crippen molar-refractivity contribution in [2.75, 3.05) is 0 Å². The summed E-state index contributed by atoms with van der Waals surface area (Å²) in [7, 11) is 0. The lowest BCUT2D eigenvalue weighted by molar-refractivity contribution is -0.116. The Morgan fingerprint density at radius 1 is 1.67 bits per heavy atom. The Kier molecular flexibility index (Phi) is 2.57. The molecule has 0 N–H and O–H groups in total. The molecular formula is C14H20O. The van der Waals surface area contributed by atoms with Crippen LogP contribution in [0.1, 0.15) is 46.0 Å². The van der Waals surface area contributed by atoms with Gasteiger partial charge in [0, 0.05) is 6.42 Å². The Morgan fingerprint density at radius 2 is 2.40 bits per heavy atom. The lowest BCUT2D eigenvalue weighted by Crippen LogP contribution is -2.43. The fraction of sp³-hybridized carbons (Fsp3) is 0.643. The number of rotatable bonds is 3. The molecule has 0 aromatic carbocycles. The number of hydrogen-bond donors (Lipinski definition) is 0. The van der Waals surface area contributed by atoms with Crippen LogP contribution in [0.3, 0.4) is 0 Å². The molecule has 1 saturated carbocycles. The molecule has 0 bridgehead atoms. The van der Waals surface area contributed by atoms with Crippen molar-refractivity contribution in [1.29, 1.82) is 0 Å². The molecule has 1 heteroatoms. The van der Waals surface area contributed by atoms with E-state index in [1.807, 2.05) is 6.08 Å². The highest BCUT2D eigenvalue weighted by Crippen LogP contribution is 2.57. The molecule has 0 unspecified atom stereocenters. The zero-order valence-corrected chi connectivity index (χ0v) is 9.81. The first-order valence-electron chi connectivity index (χ1n) is 5.90. The maximum Gasteiger partial charge on any atom is 0.155 e. The average Bonchev–Trinajstić information content (AvgIpc) is 2.16. The van der Waals surface area contributed by atoms with Gasteiger partial charge in [0.2, 0.25) is 0 Å². The Morgan fingerprint density at radius 3 is 3.00 bits per heavy atom. The van der Waals surface area contributed by atoms with E-state index in [4.69, 9.17) is 0 Å². The second-order valence-corrected chi connectivity index (χ2v) is 5.45. The van der Waals surface area contributed by atoms with E-state index in [2.05, 4.69) is 20.4 Å². The molecule has 82 valence electrons. The van der Waals surface area contributed by atoms with Gasteiger partial charge in [0.25, 0.3) is 0 Å². The second kappa shape index (κ2) is 3.62. The third-order valence-corrected chi connectivity index (χ3v) is 4.25. The minimum atomic E-state index is 0.334. The molecule has 2 atom stereocenters. The number of carbonyl (C=O) groups excluding carboxylic acids is 1. The Balaban J connectivity index is 2.00. The molecule has 0 heterocycles. The largest absolute Gasteiger partial charge is 0.295 e. The Labute approximate surface area is 92.3 Å². The number of ketones is 1. The van der Waals surface area contributed by atoms with E-state index in [1.54, 1.807) is 0 Å². The highest BCUT2D eigenvalue weighted by Gasteiger charge is 2.48. The minimum absolute atomic E-state index is 0.334. The van der Waals surface area contributed by atoms with Gasteiger partial charge >= 0.3 is 0 Å². The van der Waals surface area contributed by atoms with Crippen molar-refractivity contribution in [1.82, 2.24) is 0 Å². The van der Waals surface area contributed by atoms with Crippen LogP contribution in [0.2, 0.25) is 0 Å². The summed E-state index contributed by atoms with van der Waals surface area (Å²) in [6.45, 7) is 8.39. The quantitative estimate of drug-likeness (QED) is 0.641. The van der Waals surface area contributed by atoms with Crippen LogP contribution in [0.4, 0.5) is 0 Å². The van der Waals surface area contributed by atoms with Crippen LogP contribution in [-0.4, -0.2) is 5.78 Å². The highest BCUT2D eigenvalue weighted by molar-refractivity contribution is 5.92. The first-order chi connectivity index (χ1) is 7.02. The number of fused-ring (bicyclic) bond motifs is 1. The zero-order chi connectivity index (χ0) is 11.1. The Bertz CT molecular complexity index is 337. The van der Waals surface area contributed by atoms with Gasteiger partial charge in [0.15, 0.2) is 5.78 Å². The van der Waals surface area contributed by atoms with Gasteiger partial charge in [0.05, 0.1) is 0 Å². The maximum absolute atomic E-state index is 11.3. The van der Waals surface area contributed by atoms with Crippen molar-refractivity contribution in [3.63, 3.8) is 0 Å². The topological polar surface area (TPSA) is 17.1 Å². The summed E-state index contributed by atoms with van der Waals surface area (Å²) in [6, 6.07) is 0. The third kappa shape index (κ3) is 1.80. The molecule has 0 radical (unpaired) electrons. The van der Waals surface area contributed by atoms with Gasteiger partial charge < -0.3 is 0 Å². The summed E-state index contributed by atoms with van der Waals surface area (Å²) < 4.78 is 0. The molecule has 15 heavy (non-hydrogen) atoms. The number of carbonyl (C=O) groups is 1. The molecule has 0 amide bonds. The van der Waals surface area contributed by atoms with E-state index in [1.165, 1.54) is 17.6 Å². The molecule has 1 nitrogen and oxygen atoms in total. The SMILES string of the molecule is C=C(C)CC[C@H]1CC2=CC(=O)CC[C@@]21C. The monoisotopic (exact) mass is 204 g/mol. The summed E-state index contributed by atoms with van der Waals surface area (Å²) in [4.78, 5) is 11.3. The molecule has 0 saturated heterocycles. The molecule has 2 aliphatic carbocycles. The summed E-state index contributed by atoms with van der Waals surface area (Å²) in [5.74, 6) is 1.12. The second-order valence-electron chi connectivity index (χ2n) is 5.45. The van der Waals surface area contributed by atoms with Gasteiger partial charge in [-0.05, 0) is 50.0 Å². The normalized spacial score (nSPS) is 34.1. The summed E-state index contributed by atoms with van der Waals surface area (Å²) in [5, 5.41) is 0. The smallest absolute Gasteiger partial charge is 0.155 e. The molecule has 2 aliphatic rings. The fourth-order valence-electron chi connectivity index (χ4n) is 2.93. The summed E-state index contributed by atoms with van der Waals surface area (Å²) in [5.41, 5.74) is 3.04. The van der Waals surface area contributed by atoms with Crippen molar-refractivity contribution < 1.29 is 4.79 Å². The van der Waals surface area contributed by atoms with Gasteiger partial charge in [-0.1, -0.05) is 18.1 Å². The van der Waals surface area contributed by atoms with Crippen molar-refractivity contribution in [2.24, 2.45) is 11.3 Å². The molecule has 2 rings (SSSR count). The van der Waals surface area contributed by atoms with E-state index >= 15 is 0 Å². The van der Waals surface area contributed by atoms with Crippen molar-refractivity contribution in [3.05, 3.63) is 23.8 Å². The van der Waals surface area contributed by atoms with E-state index in [9.17, 15) is 4.79 Å². The standard InChI is InChI=1S/C14H20O/c1-10(2)4-5-11-8-12-9-13(15)6-7-14(11,12)3/h9,11H,1,4-8H2,2-3H3/t11-,14+/m0/s1. The highest BCUT2D eigenvalue weighted by atomic mass is 16.1. The zero-order valence-electron chi connectivity index (χ0n) is 9.81. The third-order valence-electron chi connectivity index (χ3n) is 4.25.